The predicted octanol–water partition coefficient (Wildman–Crippen LogP) is 2.25. The molecule has 1 amide bonds. The number of carbonyl (C=O) groups excluding carboxylic acids is 1. The van der Waals surface area contributed by atoms with Crippen LogP contribution in [0.1, 0.15) is 13.8 Å². The number of hydrogen-bond donors (Lipinski definition) is 2. The average molecular weight is 242 g/mol. The van der Waals surface area contributed by atoms with Gasteiger partial charge in [0.15, 0.2) is 0 Å². The fourth-order valence-corrected chi connectivity index (χ4v) is 1.08. The fourth-order valence-electron chi connectivity index (χ4n) is 1.08. The van der Waals surface area contributed by atoms with Gasteiger partial charge in [0.25, 0.3) is 0 Å². The van der Waals surface area contributed by atoms with Crippen molar-refractivity contribution in [3.05, 3.63) is 47.7 Å². The molecule has 0 spiro atoms. The molecule has 0 aromatic heterocycles. The van der Waals surface area contributed by atoms with Crippen LogP contribution in [-0.2, 0) is 4.79 Å². The average Bonchev–Trinajstić information content (AvgIpc) is 2.22. The van der Waals surface area contributed by atoms with Gasteiger partial charge in [0.1, 0.15) is 11.7 Å². The second-order valence-corrected chi connectivity index (χ2v) is 3.38. The number of halogens is 2. The maximum atomic E-state index is 12.9. The van der Waals surface area contributed by atoms with Crippen LogP contribution < -0.4 is 11.1 Å². The molecule has 0 aliphatic carbocycles. The van der Waals surface area contributed by atoms with Crippen LogP contribution in [0.25, 0.3) is 0 Å². The normalized spacial score (nSPS) is 13.4. The lowest BCUT2D eigenvalue weighted by molar-refractivity contribution is -0.114. The van der Waals surface area contributed by atoms with Crippen molar-refractivity contribution in [1.29, 1.82) is 0 Å². The van der Waals surface area contributed by atoms with Crippen molar-refractivity contribution in [2.75, 3.05) is 6.54 Å². The molecule has 0 fully saturated rings. The Kier molecular flexibility index (Phi) is 5.88. The highest BCUT2D eigenvalue weighted by atomic mass is 19.1. The minimum atomic E-state index is -0.863. The van der Waals surface area contributed by atoms with Crippen LogP contribution >= 0.6 is 0 Å². The molecule has 0 bridgehead atoms. The molecule has 3 N–H and O–H groups in total. The van der Waals surface area contributed by atoms with Crippen LogP contribution in [-0.4, -0.2) is 12.5 Å². The van der Waals surface area contributed by atoms with Crippen molar-refractivity contribution < 1.29 is 13.6 Å². The number of nitrogens with two attached hydrogens (primary N) is 1. The lowest BCUT2D eigenvalue weighted by atomic mass is 10.2. The summed E-state index contributed by atoms with van der Waals surface area (Å²) in [5.41, 5.74) is 5.45. The van der Waals surface area contributed by atoms with Crippen LogP contribution in [0.4, 0.5) is 8.78 Å². The summed E-state index contributed by atoms with van der Waals surface area (Å²) in [6.45, 7) is 8.98. The van der Waals surface area contributed by atoms with Crippen molar-refractivity contribution in [2.45, 2.75) is 13.8 Å². The van der Waals surface area contributed by atoms with E-state index < -0.39 is 17.6 Å². The molecule has 0 aliphatic rings. The van der Waals surface area contributed by atoms with Gasteiger partial charge in [-0.25, -0.2) is 8.78 Å². The summed E-state index contributed by atoms with van der Waals surface area (Å²) in [5.74, 6) is -2.17. The van der Waals surface area contributed by atoms with Gasteiger partial charge in [0.2, 0.25) is 5.91 Å². The number of rotatable bonds is 6. The highest BCUT2D eigenvalue weighted by molar-refractivity contribution is 5.92. The van der Waals surface area contributed by atoms with Crippen molar-refractivity contribution in [3.8, 4) is 0 Å². The second kappa shape index (κ2) is 6.62. The molecular formula is C12H16F2N2O. The maximum absolute atomic E-state index is 12.9. The van der Waals surface area contributed by atoms with E-state index >= 15 is 0 Å². The molecule has 3 nitrogen and oxygen atoms in total. The van der Waals surface area contributed by atoms with Crippen LogP contribution in [0.2, 0.25) is 0 Å². The molecule has 17 heavy (non-hydrogen) atoms. The Labute approximate surface area is 99.4 Å². The number of hydrogen-bond acceptors (Lipinski definition) is 2. The van der Waals surface area contributed by atoms with E-state index in [1.54, 1.807) is 0 Å². The number of primary amides is 1. The molecule has 0 saturated carbocycles. The first-order valence-electron chi connectivity index (χ1n) is 4.88. The summed E-state index contributed by atoms with van der Waals surface area (Å²) in [7, 11) is 0. The van der Waals surface area contributed by atoms with Crippen LogP contribution in [0, 0.1) is 0 Å². The summed E-state index contributed by atoms with van der Waals surface area (Å²) in [6.07, 6.45) is 1.35. The monoisotopic (exact) mass is 242 g/mol. The highest BCUT2D eigenvalue weighted by Gasteiger charge is 2.09. The first-order chi connectivity index (χ1) is 7.81. The number of allylic oxidation sites excluding steroid dienone is 2. The minimum absolute atomic E-state index is 0.135. The predicted molar refractivity (Wildman–Crippen MR) is 64.2 cm³/mol. The molecule has 0 saturated heterocycles. The van der Waals surface area contributed by atoms with Gasteiger partial charge in [0.05, 0.1) is 0 Å². The summed E-state index contributed by atoms with van der Waals surface area (Å²) < 4.78 is 25.8. The van der Waals surface area contributed by atoms with E-state index in [1.807, 2.05) is 0 Å². The Hall–Kier alpha value is -1.91. The molecule has 0 rings (SSSR count). The smallest absolute Gasteiger partial charge is 0.246 e. The zero-order chi connectivity index (χ0) is 13.6. The van der Waals surface area contributed by atoms with Gasteiger partial charge in [-0.2, -0.15) is 0 Å². The molecular weight excluding hydrogens is 226 g/mol. The molecule has 0 radical (unpaired) electrons. The Morgan fingerprint density at radius 1 is 1.41 bits per heavy atom. The Morgan fingerprint density at radius 3 is 2.24 bits per heavy atom. The van der Waals surface area contributed by atoms with Gasteiger partial charge in [-0.1, -0.05) is 13.2 Å². The topological polar surface area (TPSA) is 55.1 Å². The Morgan fingerprint density at radius 2 is 1.94 bits per heavy atom. The lowest BCUT2D eigenvalue weighted by Crippen LogP contribution is -2.22. The summed E-state index contributed by atoms with van der Waals surface area (Å²) in [6, 6.07) is 0. The summed E-state index contributed by atoms with van der Waals surface area (Å²) >= 11 is 0. The van der Waals surface area contributed by atoms with Gasteiger partial charge < -0.3 is 11.1 Å². The molecule has 0 aliphatic heterocycles. The third kappa shape index (κ3) is 4.63. The van der Waals surface area contributed by atoms with E-state index in [9.17, 15) is 13.6 Å². The van der Waals surface area contributed by atoms with E-state index in [4.69, 9.17) is 5.73 Å². The van der Waals surface area contributed by atoms with E-state index in [-0.39, 0.29) is 17.7 Å². The van der Waals surface area contributed by atoms with Gasteiger partial charge in [-0.3, -0.25) is 4.79 Å². The van der Waals surface area contributed by atoms with Crippen LogP contribution in [0.3, 0.4) is 0 Å². The SMILES string of the molecule is C=C/C(NC/C(C(=C)F)=C(/C)F)=C(\C)C(N)=O. The van der Waals surface area contributed by atoms with Crippen molar-refractivity contribution in [3.63, 3.8) is 0 Å². The maximum Gasteiger partial charge on any atom is 0.246 e. The van der Waals surface area contributed by atoms with Crippen molar-refractivity contribution in [2.24, 2.45) is 5.73 Å². The van der Waals surface area contributed by atoms with Crippen LogP contribution in [0.5, 0.6) is 0 Å². The zero-order valence-electron chi connectivity index (χ0n) is 9.94. The van der Waals surface area contributed by atoms with E-state index in [1.165, 1.54) is 13.0 Å². The van der Waals surface area contributed by atoms with E-state index in [0.29, 0.717) is 5.70 Å². The van der Waals surface area contributed by atoms with Crippen molar-refractivity contribution in [1.82, 2.24) is 5.32 Å². The van der Waals surface area contributed by atoms with Gasteiger partial charge >= 0.3 is 0 Å². The third-order valence-electron chi connectivity index (χ3n) is 2.18. The second-order valence-electron chi connectivity index (χ2n) is 3.38. The Balaban J connectivity index is 4.93. The molecule has 0 aromatic carbocycles. The van der Waals surface area contributed by atoms with Gasteiger partial charge in [0, 0.05) is 23.4 Å². The largest absolute Gasteiger partial charge is 0.380 e. The van der Waals surface area contributed by atoms with Crippen molar-refractivity contribution >= 4 is 5.91 Å². The quantitative estimate of drug-likeness (QED) is 0.554. The molecule has 0 aromatic rings. The summed E-state index contributed by atoms with van der Waals surface area (Å²) in [5, 5.41) is 2.68. The van der Waals surface area contributed by atoms with E-state index in [0.717, 1.165) is 6.92 Å². The third-order valence-corrected chi connectivity index (χ3v) is 2.18. The molecule has 94 valence electrons. The fraction of sp³-hybridized carbons (Fsp3) is 0.250. The number of nitrogens with one attached hydrogen (secondary N) is 1. The number of amides is 1. The zero-order valence-corrected chi connectivity index (χ0v) is 9.94. The van der Waals surface area contributed by atoms with Gasteiger partial charge in [-0.05, 0) is 19.9 Å². The summed E-state index contributed by atoms with van der Waals surface area (Å²) in [4.78, 5) is 10.9. The van der Waals surface area contributed by atoms with Gasteiger partial charge in [-0.15, -0.1) is 0 Å². The highest BCUT2D eigenvalue weighted by Crippen LogP contribution is 2.15. The number of carbonyl (C=O) groups is 1. The standard InChI is InChI=1S/C12H16F2N2O/c1-5-11(7(2)12(15)17)16-6-10(8(3)13)9(4)14/h5,16H,1,3,6H2,2,4H3,(H2,15,17)/b10-9+,11-7-. The first-order valence-corrected chi connectivity index (χ1v) is 4.88. The first kappa shape index (κ1) is 15.1. The van der Waals surface area contributed by atoms with Crippen LogP contribution in [0.15, 0.2) is 47.7 Å². The molecule has 0 atom stereocenters. The Bertz CT molecular complexity index is 405. The minimum Gasteiger partial charge on any atom is -0.380 e. The lowest BCUT2D eigenvalue weighted by Gasteiger charge is -2.11. The molecule has 0 heterocycles. The van der Waals surface area contributed by atoms with E-state index in [2.05, 4.69) is 18.5 Å². The molecule has 5 heteroatoms. The molecule has 0 unspecified atom stereocenters.